The van der Waals surface area contributed by atoms with Crippen molar-refractivity contribution in [2.75, 3.05) is 0 Å². The van der Waals surface area contributed by atoms with Crippen LogP contribution in [0.15, 0.2) is 51.4 Å². The molecule has 0 amide bonds. The Morgan fingerprint density at radius 3 is 2.64 bits per heavy atom. The summed E-state index contributed by atoms with van der Waals surface area (Å²) in [5, 5.41) is 8.71. The highest BCUT2D eigenvalue weighted by Gasteiger charge is 2.10. The Bertz CT molecular complexity index is 787. The highest BCUT2D eigenvalue weighted by atomic mass is 79.9. The van der Waals surface area contributed by atoms with Crippen molar-refractivity contribution in [3.63, 3.8) is 0 Å². The molecule has 0 bridgehead atoms. The molecule has 1 aromatic heterocycles. The third-order valence-corrected chi connectivity index (χ3v) is 3.81. The maximum Gasteiger partial charge on any atom is 0.254 e. The number of benzene rings is 2. The largest absolute Gasteiger partial charge is 0.484 e. The van der Waals surface area contributed by atoms with Crippen LogP contribution in [0, 0.1) is 6.92 Å². The van der Waals surface area contributed by atoms with Crippen LogP contribution in [0.5, 0.6) is 5.75 Å². The van der Waals surface area contributed by atoms with Gasteiger partial charge in [-0.1, -0.05) is 27.5 Å². The number of aromatic nitrogens is 2. The number of aryl methyl sites for hydroxylation is 1. The van der Waals surface area contributed by atoms with Crippen LogP contribution in [0.25, 0.3) is 11.5 Å². The van der Waals surface area contributed by atoms with Gasteiger partial charge in [-0.15, -0.1) is 10.2 Å². The van der Waals surface area contributed by atoms with Gasteiger partial charge in [0, 0.05) is 15.1 Å². The van der Waals surface area contributed by atoms with Gasteiger partial charge in [-0.2, -0.15) is 0 Å². The molecule has 0 unspecified atom stereocenters. The molecule has 6 heteroatoms. The van der Waals surface area contributed by atoms with Gasteiger partial charge in [0.05, 0.1) is 0 Å². The Morgan fingerprint density at radius 2 is 1.91 bits per heavy atom. The van der Waals surface area contributed by atoms with E-state index < -0.39 is 0 Å². The van der Waals surface area contributed by atoms with Crippen molar-refractivity contribution in [3.8, 4) is 17.2 Å². The predicted octanol–water partition coefficient (Wildman–Crippen LogP) is 5.04. The molecule has 0 aliphatic rings. The lowest BCUT2D eigenvalue weighted by atomic mass is 10.2. The lowest BCUT2D eigenvalue weighted by molar-refractivity contribution is 0.263. The monoisotopic (exact) mass is 378 g/mol. The minimum absolute atomic E-state index is 0.214. The zero-order valence-corrected chi connectivity index (χ0v) is 14.1. The number of nitrogens with zero attached hydrogens (tertiary/aromatic N) is 2. The summed E-state index contributed by atoms with van der Waals surface area (Å²) in [6, 6.07) is 13.1. The lowest BCUT2D eigenvalue weighted by Gasteiger charge is -2.06. The maximum atomic E-state index is 5.92. The van der Waals surface area contributed by atoms with E-state index in [4.69, 9.17) is 20.8 Å². The quantitative estimate of drug-likeness (QED) is 0.637. The van der Waals surface area contributed by atoms with E-state index in [2.05, 4.69) is 26.1 Å². The number of ether oxygens (including phenoxy) is 1. The van der Waals surface area contributed by atoms with Gasteiger partial charge in [0.25, 0.3) is 5.89 Å². The molecular formula is C16H12BrClN2O2. The summed E-state index contributed by atoms with van der Waals surface area (Å²) in [7, 11) is 0. The van der Waals surface area contributed by atoms with Crippen LogP contribution in [0.4, 0.5) is 0 Å². The molecule has 0 spiro atoms. The van der Waals surface area contributed by atoms with Gasteiger partial charge in [0.2, 0.25) is 5.89 Å². The van der Waals surface area contributed by atoms with E-state index in [1.165, 1.54) is 0 Å². The van der Waals surface area contributed by atoms with E-state index in [-0.39, 0.29) is 6.61 Å². The van der Waals surface area contributed by atoms with Gasteiger partial charge in [-0.3, -0.25) is 0 Å². The van der Waals surface area contributed by atoms with Crippen LogP contribution in [0.3, 0.4) is 0 Å². The molecule has 0 aliphatic heterocycles. The van der Waals surface area contributed by atoms with Crippen molar-refractivity contribution >= 4 is 27.5 Å². The average molecular weight is 380 g/mol. The first kappa shape index (κ1) is 15.1. The Hall–Kier alpha value is -1.85. The predicted molar refractivity (Wildman–Crippen MR) is 88.0 cm³/mol. The van der Waals surface area contributed by atoms with Crippen molar-refractivity contribution in [1.29, 1.82) is 0 Å². The van der Waals surface area contributed by atoms with E-state index in [9.17, 15) is 0 Å². The van der Waals surface area contributed by atoms with Gasteiger partial charge in [-0.25, -0.2) is 0 Å². The van der Waals surface area contributed by atoms with E-state index in [1.54, 1.807) is 6.07 Å². The van der Waals surface area contributed by atoms with Gasteiger partial charge < -0.3 is 9.15 Å². The van der Waals surface area contributed by atoms with Crippen LogP contribution in [-0.4, -0.2) is 10.2 Å². The van der Waals surface area contributed by atoms with Crippen molar-refractivity contribution in [2.24, 2.45) is 0 Å². The molecule has 0 saturated carbocycles. The molecule has 4 nitrogen and oxygen atoms in total. The molecular weight excluding hydrogens is 368 g/mol. The number of halogens is 2. The highest BCUT2D eigenvalue weighted by Crippen LogP contribution is 2.24. The fourth-order valence-corrected chi connectivity index (χ4v) is 2.43. The van der Waals surface area contributed by atoms with Gasteiger partial charge >= 0.3 is 0 Å². The summed E-state index contributed by atoms with van der Waals surface area (Å²) in [5.74, 6) is 1.64. The van der Waals surface area contributed by atoms with Crippen molar-refractivity contribution in [2.45, 2.75) is 13.5 Å². The summed E-state index contributed by atoms with van der Waals surface area (Å²) in [4.78, 5) is 0. The minimum atomic E-state index is 0.214. The molecule has 112 valence electrons. The SMILES string of the molecule is Cc1cc(Cl)ccc1OCc1nnc(-c2ccc(Br)cc2)o1. The van der Waals surface area contributed by atoms with Crippen LogP contribution in [0.2, 0.25) is 5.02 Å². The van der Waals surface area contributed by atoms with Crippen molar-refractivity contribution in [3.05, 3.63) is 63.4 Å². The maximum absolute atomic E-state index is 5.92. The molecule has 0 radical (unpaired) electrons. The van der Waals surface area contributed by atoms with E-state index in [0.717, 1.165) is 21.3 Å². The zero-order chi connectivity index (χ0) is 15.5. The first-order valence-corrected chi connectivity index (χ1v) is 7.76. The third kappa shape index (κ3) is 3.48. The van der Waals surface area contributed by atoms with E-state index >= 15 is 0 Å². The average Bonchev–Trinajstić information content (AvgIpc) is 2.96. The van der Waals surface area contributed by atoms with Crippen LogP contribution in [-0.2, 0) is 6.61 Å². The smallest absolute Gasteiger partial charge is 0.254 e. The molecule has 0 N–H and O–H groups in total. The van der Waals surface area contributed by atoms with Crippen LogP contribution < -0.4 is 4.74 Å². The Morgan fingerprint density at radius 1 is 1.14 bits per heavy atom. The molecule has 0 fully saturated rings. The topological polar surface area (TPSA) is 48.2 Å². The summed E-state index contributed by atoms with van der Waals surface area (Å²) < 4.78 is 12.3. The number of hydrogen-bond donors (Lipinski definition) is 0. The molecule has 22 heavy (non-hydrogen) atoms. The van der Waals surface area contributed by atoms with E-state index in [1.807, 2.05) is 43.3 Å². The fraction of sp³-hybridized carbons (Fsp3) is 0.125. The van der Waals surface area contributed by atoms with E-state index in [0.29, 0.717) is 16.8 Å². The second kappa shape index (κ2) is 6.50. The Balaban J connectivity index is 1.70. The molecule has 0 aliphatic carbocycles. The number of hydrogen-bond acceptors (Lipinski definition) is 4. The second-order valence-electron chi connectivity index (χ2n) is 4.71. The zero-order valence-electron chi connectivity index (χ0n) is 11.7. The first-order chi connectivity index (χ1) is 10.6. The van der Waals surface area contributed by atoms with Crippen LogP contribution >= 0.6 is 27.5 Å². The minimum Gasteiger partial charge on any atom is -0.484 e. The van der Waals surface area contributed by atoms with Gasteiger partial charge in [0.15, 0.2) is 6.61 Å². The van der Waals surface area contributed by atoms with Gasteiger partial charge in [-0.05, 0) is 55.0 Å². The normalized spacial score (nSPS) is 10.7. The second-order valence-corrected chi connectivity index (χ2v) is 6.06. The van der Waals surface area contributed by atoms with Crippen LogP contribution in [0.1, 0.15) is 11.5 Å². The summed E-state index contributed by atoms with van der Waals surface area (Å²) in [5.41, 5.74) is 1.82. The summed E-state index contributed by atoms with van der Waals surface area (Å²) in [6.45, 7) is 2.15. The summed E-state index contributed by atoms with van der Waals surface area (Å²) in [6.07, 6.45) is 0. The Kier molecular flexibility index (Phi) is 4.45. The molecule has 2 aromatic carbocycles. The van der Waals surface area contributed by atoms with Crippen molar-refractivity contribution < 1.29 is 9.15 Å². The molecule has 3 rings (SSSR count). The molecule has 1 heterocycles. The summed E-state index contributed by atoms with van der Waals surface area (Å²) >= 11 is 9.31. The lowest BCUT2D eigenvalue weighted by Crippen LogP contribution is -1.97. The number of rotatable bonds is 4. The standard InChI is InChI=1S/C16H12BrClN2O2/c1-10-8-13(18)6-7-14(10)21-9-15-19-20-16(22-15)11-2-4-12(17)5-3-11/h2-8H,9H2,1H3. The molecule has 0 saturated heterocycles. The van der Waals surface area contributed by atoms with Crippen molar-refractivity contribution in [1.82, 2.24) is 10.2 Å². The van der Waals surface area contributed by atoms with Gasteiger partial charge in [0.1, 0.15) is 5.75 Å². The first-order valence-electron chi connectivity index (χ1n) is 6.59. The molecule has 3 aromatic rings. The Labute approximate surface area is 141 Å². The third-order valence-electron chi connectivity index (χ3n) is 3.05. The highest BCUT2D eigenvalue weighted by molar-refractivity contribution is 9.10. The fourth-order valence-electron chi connectivity index (χ4n) is 1.94. The molecule has 0 atom stereocenters.